The second-order valence-electron chi connectivity index (χ2n) is 9.65. The maximum Gasteiger partial charge on any atom is 0.323 e. The quantitative estimate of drug-likeness (QED) is 0.480. The number of carbonyl (C=O) groups excluding carboxylic acids is 1. The highest BCUT2D eigenvalue weighted by molar-refractivity contribution is 7.88. The number of hydrogen-bond donors (Lipinski definition) is 2. The summed E-state index contributed by atoms with van der Waals surface area (Å²) in [5.41, 5.74) is 4.19. The molecule has 0 saturated carbocycles. The number of hydrogen-bond acceptors (Lipinski definition) is 8. The van der Waals surface area contributed by atoms with Gasteiger partial charge < -0.3 is 25.2 Å². The Morgan fingerprint density at radius 3 is 2.03 bits per heavy atom. The Kier molecular flexibility index (Phi) is 7.96. The molecule has 0 spiro atoms. The molecule has 39 heavy (non-hydrogen) atoms. The van der Waals surface area contributed by atoms with E-state index in [-0.39, 0.29) is 6.03 Å². The number of amides is 2. The lowest BCUT2D eigenvalue weighted by atomic mass is 10.2. The summed E-state index contributed by atoms with van der Waals surface area (Å²) in [4.78, 5) is 26.2. The molecule has 1 aromatic heterocycles. The van der Waals surface area contributed by atoms with Gasteiger partial charge in [0.2, 0.25) is 10.0 Å². The molecule has 0 atom stereocenters. The molecule has 0 radical (unpaired) electrons. The van der Waals surface area contributed by atoms with Gasteiger partial charge in [0.05, 0.1) is 19.5 Å². The smallest absolute Gasteiger partial charge is 0.323 e. The number of urea groups is 1. The molecule has 0 unspecified atom stereocenters. The minimum absolute atomic E-state index is 0.349. The summed E-state index contributed by atoms with van der Waals surface area (Å²) in [6, 6.07) is 14.6. The highest BCUT2D eigenvalue weighted by Crippen LogP contribution is 2.24. The average Bonchev–Trinajstić information content (AvgIpc) is 2.94. The molecule has 3 aromatic rings. The summed E-state index contributed by atoms with van der Waals surface area (Å²) in [6.45, 7) is 7.18. The van der Waals surface area contributed by atoms with Crippen molar-refractivity contribution in [1.29, 1.82) is 0 Å². The maximum absolute atomic E-state index is 12.6. The van der Waals surface area contributed by atoms with Crippen LogP contribution in [0.25, 0.3) is 11.4 Å². The van der Waals surface area contributed by atoms with E-state index in [1.807, 2.05) is 61.7 Å². The van der Waals surface area contributed by atoms with E-state index in [2.05, 4.69) is 25.4 Å². The van der Waals surface area contributed by atoms with Gasteiger partial charge in [-0.15, -0.1) is 0 Å². The minimum Gasteiger partial charge on any atom is -0.378 e. The predicted molar refractivity (Wildman–Crippen MR) is 153 cm³/mol. The molecule has 2 aromatic carbocycles. The van der Waals surface area contributed by atoms with Gasteiger partial charge in [-0.3, -0.25) is 0 Å². The molecule has 2 aliphatic rings. The van der Waals surface area contributed by atoms with Gasteiger partial charge in [0.1, 0.15) is 5.82 Å². The largest absolute Gasteiger partial charge is 0.378 e. The molecule has 0 bridgehead atoms. The van der Waals surface area contributed by atoms with Crippen LogP contribution in [0.1, 0.15) is 5.56 Å². The van der Waals surface area contributed by atoms with Gasteiger partial charge in [-0.2, -0.15) is 4.31 Å². The van der Waals surface area contributed by atoms with E-state index in [0.717, 1.165) is 35.7 Å². The van der Waals surface area contributed by atoms with Crippen LogP contribution in [0, 0.1) is 6.92 Å². The number of sulfonamides is 1. The first kappa shape index (κ1) is 26.9. The third kappa shape index (κ3) is 6.64. The highest BCUT2D eigenvalue weighted by atomic mass is 32.2. The number of aryl methyl sites for hydroxylation is 1. The molecule has 5 rings (SSSR count). The fourth-order valence-corrected chi connectivity index (χ4v) is 5.52. The number of morpholine rings is 1. The molecular formula is C27H33N7O4S. The van der Waals surface area contributed by atoms with Crippen LogP contribution in [0.4, 0.5) is 27.7 Å². The van der Waals surface area contributed by atoms with E-state index < -0.39 is 10.0 Å². The fraction of sp³-hybridized carbons (Fsp3) is 0.370. The highest BCUT2D eigenvalue weighted by Gasteiger charge is 2.23. The number of ether oxygens (including phenoxy) is 1. The third-order valence-electron chi connectivity index (χ3n) is 6.85. The standard InChI is InChI=1S/C27H33N7O4S/c1-20-19-28-25(31-26(20)33-15-17-38-18-16-33)21-3-5-22(6-4-21)29-27(35)30-23-7-9-24(10-8-23)32-11-13-34(14-12-32)39(2,36)37/h3-10,19H,11-18H2,1-2H3,(H2,29,30,35). The van der Waals surface area contributed by atoms with Crippen LogP contribution in [0.2, 0.25) is 0 Å². The van der Waals surface area contributed by atoms with Crippen molar-refractivity contribution < 1.29 is 17.9 Å². The molecule has 0 aliphatic carbocycles. The normalized spacial score (nSPS) is 16.7. The molecule has 2 N–H and O–H groups in total. The molecule has 3 heterocycles. The van der Waals surface area contributed by atoms with Gasteiger partial charge in [0, 0.05) is 73.7 Å². The second kappa shape index (κ2) is 11.6. The van der Waals surface area contributed by atoms with Crippen molar-refractivity contribution in [3.63, 3.8) is 0 Å². The summed E-state index contributed by atoms with van der Waals surface area (Å²) in [7, 11) is -3.16. The first-order chi connectivity index (χ1) is 18.8. The Bertz CT molecular complexity index is 1400. The lowest BCUT2D eigenvalue weighted by Gasteiger charge is -2.34. The van der Waals surface area contributed by atoms with Crippen LogP contribution in [0.5, 0.6) is 0 Å². The zero-order chi connectivity index (χ0) is 27.4. The Morgan fingerprint density at radius 1 is 0.846 bits per heavy atom. The monoisotopic (exact) mass is 551 g/mol. The summed E-state index contributed by atoms with van der Waals surface area (Å²) in [5.74, 6) is 1.56. The van der Waals surface area contributed by atoms with Crippen molar-refractivity contribution in [2.24, 2.45) is 0 Å². The van der Waals surface area contributed by atoms with Crippen LogP contribution in [0.15, 0.2) is 54.7 Å². The molecule has 11 nitrogen and oxygen atoms in total. The number of anilines is 4. The Labute approximate surface area is 228 Å². The number of nitrogens with one attached hydrogen (secondary N) is 2. The molecule has 2 saturated heterocycles. The molecule has 2 amide bonds. The van der Waals surface area contributed by atoms with E-state index >= 15 is 0 Å². The van der Waals surface area contributed by atoms with Crippen molar-refractivity contribution >= 4 is 38.9 Å². The van der Waals surface area contributed by atoms with Gasteiger partial charge in [-0.1, -0.05) is 0 Å². The lowest BCUT2D eigenvalue weighted by Crippen LogP contribution is -2.48. The van der Waals surface area contributed by atoms with Crippen molar-refractivity contribution in [1.82, 2.24) is 14.3 Å². The third-order valence-corrected chi connectivity index (χ3v) is 8.16. The number of nitrogens with zero attached hydrogens (tertiary/aromatic N) is 5. The summed E-state index contributed by atoms with van der Waals surface area (Å²) < 4.78 is 30.4. The first-order valence-electron chi connectivity index (χ1n) is 12.9. The fourth-order valence-electron chi connectivity index (χ4n) is 4.70. The van der Waals surface area contributed by atoms with E-state index in [1.165, 1.54) is 10.6 Å². The van der Waals surface area contributed by atoms with Gasteiger partial charge in [-0.05, 0) is 55.5 Å². The zero-order valence-electron chi connectivity index (χ0n) is 22.1. The van der Waals surface area contributed by atoms with E-state index in [0.29, 0.717) is 56.6 Å². The minimum atomic E-state index is -3.16. The van der Waals surface area contributed by atoms with E-state index in [4.69, 9.17) is 9.72 Å². The zero-order valence-corrected chi connectivity index (χ0v) is 22.9. The van der Waals surface area contributed by atoms with Crippen LogP contribution in [0.3, 0.4) is 0 Å². The lowest BCUT2D eigenvalue weighted by molar-refractivity contribution is 0.122. The molecular weight excluding hydrogens is 518 g/mol. The van der Waals surface area contributed by atoms with Crippen molar-refractivity contribution in [2.45, 2.75) is 6.92 Å². The summed E-state index contributed by atoms with van der Waals surface area (Å²) >= 11 is 0. The van der Waals surface area contributed by atoms with Crippen LogP contribution in [-0.2, 0) is 14.8 Å². The van der Waals surface area contributed by atoms with E-state index in [9.17, 15) is 13.2 Å². The van der Waals surface area contributed by atoms with E-state index in [1.54, 1.807) is 0 Å². The molecule has 2 aliphatic heterocycles. The Hall–Kier alpha value is -3.74. The maximum atomic E-state index is 12.6. The summed E-state index contributed by atoms with van der Waals surface area (Å²) in [6.07, 6.45) is 3.08. The van der Waals surface area contributed by atoms with Gasteiger partial charge in [0.25, 0.3) is 0 Å². The Morgan fingerprint density at radius 2 is 1.44 bits per heavy atom. The van der Waals surface area contributed by atoms with Crippen LogP contribution >= 0.6 is 0 Å². The summed E-state index contributed by atoms with van der Waals surface area (Å²) in [5, 5.41) is 5.70. The number of carbonyl (C=O) groups is 1. The van der Waals surface area contributed by atoms with Gasteiger partial charge >= 0.3 is 6.03 Å². The van der Waals surface area contributed by atoms with Crippen molar-refractivity contribution in [3.8, 4) is 11.4 Å². The molecule has 12 heteroatoms. The average molecular weight is 552 g/mol. The molecule has 206 valence electrons. The predicted octanol–water partition coefficient (Wildman–Crippen LogP) is 3.01. The van der Waals surface area contributed by atoms with Crippen LogP contribution in [-0.4, -0.2) is 87.5 Å². The first-order valence-corrected chi connectivity index (χ1v) is 14.8. The Balaban J connectivity index is 1.16. The number of benzene rings is 2. The van der Waals surface area contributed by atoms with Crippen molar-refractivity contribution in [2.75, 3.05) is 79.2 Å². The molecule has 2 fully saturated rings. The number of piperazine rings is 1. The van der Waals surface area contributed by atoms with Crippen molar-refractivity contribution in [3.05, 3.63) is 60.3 Å². The van der Waals surface area contributed by atoms with Gasteiger partial charge in [-0.25, -0.2) is 23.2 Å². The second-order valence-corrected chi connectivity index (χ2v) is 11.6. The van der Waals surface area contributed by atoms with Crippen LogP contribution < -0.4 is 20.4 Å². The SMILES string of the molecule is Cc1cnc(-c2ccc(NC(=O)Nc3ccc(N4CCN(S(C)(=O)=O)CC4)cc3)cc2)nc1N1CCOCC1. The topological polar surface area (TPSA) is 120 Å². The van der Waals surface area contributed by atoms with Gasteiger partial charge in [0.15, 0.2) is 5.82 Å². The number of rotatable bonds is 6. The number of aromatic nitrogens is 2.